The molecule has 0 radical (unpaired) electrons. The number of amides is 1. The van der Waals surface area contributed by atoms with E-state index in [1.54, 1.807) is 33.8 Å². The lowest BCUT2D eigenvalue weighted by atomic mass is 9.99. The molecule has 1 unspecified atom stereocenters. The molecule has 2 aromatic heterocycles. The third-order valence-electron chi connectivity index (χ3n) is 3.99. The number of nitrogens with one attached hydrogen (secondary N) is 3. The van der Waals surface area contributed by atoms with Crippen LogP contribution in [0.1, 0.15) is 37.4 Å². The Kier molecular flexibility index (Phi) is 5.63. The van der Waals surface area contributed by atoms with Crippen LogP contribution in [0.15, 0.2) is 15.5 Å². The number of hydrogen-bond donors (Lipinski definition) is 3. The molecule has 2 rings (SSSR count). The minimum atomic E-state index is -3.91. The number of sulfonamides is 1. The monoisotopic (exact) mass is 369 g/mol. The maximum atomic E-state index is 12.7. The van der Waals surface area contributed by atoms with E-state index in [9.17, 15) is 13.2 Å². The maximum Gasteiger partial charge on any atom is 0.244 e. The summed E-state index contributed by atoms with van der Waals surface area (Å²) in [6.45, 7) is 8.59. The molecule has 10 heteroatoms. The van der Waals surface area contributed by atoms with E-state index in [2.05, 4.69) is 25.4 Å². The van der Waals surface area contributed by atoms with E-state index in [0.29, 0.717) is 23.6 Å². The van der Waals surface area contributed by atoms with Crippen molar-refractivity contribution in [2.45, 2.75) is 52.0 Å². The van der Waals surface area contributed by atoms with Gasteiger partial charge < -0.3 is 9.84 Å². The molecule has 2 aromatic rings. The number of anilines is 1. The lowest BCUT2D eigenvalue weighted by molar-refractivity contribution is -0.118. The molecule has 0 saturated carbocycles. The van der Waals surface area contributed by atoms with E-state index >= 15 is 0 Å². The number of hydrogen-bond acceptors (Lipinski definition) is 6. The first-order valence-corrected chi connectivity index (χ1v) is 9.42. The van der Waals surface area contributed by atoms with Crippen molar-refractivity contribution in [2.75, 3.05) is 5.32 Å². The van der Waals surface area contributed by atoms with Crippen LogP contribution < -0.4 is 10.0 Å². The highest BCUT2D eigenvalue weighted by Gasteiger charge is 2.32. The number of aromatic nitrogens is 3. The van der Waals surface area contributed by atoms with Crippen LogP contribution in [0.3, 0.4) is 0 Å². The molecule has 0 bridgehead atoms. The summed E-state index contributed by atoms with van der Waals surface area (Å²) in [6.07, 6.45) is 0.613. The molecule has 25 heavy (non-hydrogen) atoms. The van der Waals surface area contributed by atoms with Gasteiger partial charge in [0.1, 0.15) is 16.7 Å². The van der Waals surface area contributed by atoms with E-state index < -0.39 is 22.0 Å². The van der Waals surface area contributed by atoms with Crippen molar-refractivity contribution in [1.29, 1.82) is 0 Å². The molecule has 2 heterocycles. The van der Waals surface area contributed by atoms with E-state index in [0.717, 1.165) is 0 Å². The van der Waals surface area contributed by atoms with Gasteiger partial charge in [0.15, 0.2) is 5.82 Å². The van der Waals surface area contributed by atoms with Crippen molar-refractivity contribution in [3.8, 4) is 0 Å². The Morgan fingerprint density at radius 2 is 2.04 bits per heavy atom. The summed E-state index contributed by atoms with van der Waals surface area (Å²) in [6, 6.07) is 0.602. The van der Waals surface area contributed by atoms with Gasteiger partial charge in [0.25, 0.3) is 0 Å². The fraction of sp³-hybridized carbons (Fsp3) is 0.533. The average molecular weight is 369 g/mol. The molecule has 0 saturated heterocycles. The fourth-order valence-electron chi connectivity index (χ4n) is 2.46. The van der Waals surface area contributed by atoms with Crippen LogP contribution in [-0.2, 0) is 14.8 Å². The highest BCUT2D eigenvalue weighted by Crippen LogP contribution is 2.20. The summed E-state index contributed by atoms with van der Waals surface area (Å²) in [7, 11) is -3.91. The number of aryl methyl sites for hydroxylation is 3. The molecule has 0 aliphatic heterocycles. The molecule has 9 nitrogen and oxygen atoms in total. The number of carbonyl (C=O) groups excluding carboxylic acids is 1. The minimum absolute atomic E-state index is 0.0610. The Labute approximate surface area is 146 Å². The van der Waals surface area contributed by atoms with Crippen molar-refractivity contribution < 1.29 is 17.7 Å². The Bertz CT molecular complexity index is 836. The molecule has 0 aromatic carbocycles. The summed E-state index contributed by atoms with van der Waals surface area (Å²) in [4.78, 5) is 12.7. The molecular formula is C15H23N5O4S. The van der Waals surface area contributed by atoms with Crippen molar-refractivity contribution >= 4 is 21.7 Å². The summed E-state index contributed by atoms with van der Waals surface area (Å²) in [5.74, 6) is 0.0617. The quantitative estimate of drug-likeness (QED) is 0.680. The first-order valence-electron chi connectivity index (χ1n) is 7.93. The molecule has 2 atom stereocenters. The number of H-pyrrole nitrogens is 1. The molecule has 138 valence electrons. The Morgan fingerprint density at radius 3 is 2.52 bits per heavy atom. The fourth-order valence-corrected chi connectivity index (χ4v) is 4.13. The second-order valence-corrected chi connectivity index (χ2v) is 7.71. The van der Waals surface area contributed by atoms with E-state index in [1.165, 1.54) is 0 Å². The lowest BCUT2D eigenvalue weighted by Crippen LogP contribution is -2.47. The van der Waals surface area contributed by atoms with Crippen LogP contribution in [0.2, 0.25) is 0 Å². The standard InChI is InChI=1S/C15H23N5O4S/c1-6-8(2)13(15(21)16-12-7-9(3)24-19-12)20-25(22,23)14-10(4)17-18-11(14)5/h7-8,13,20H,6H2,1-5H3,(H,17,18)(H,16,19,21)/t8?,13-/m1/s1. The van der Waals surface area contributed by atoms with Crippen LogP contribution in [-0.4, -0.2) is 35.7 Å². The van der Waals surface area contributed by atoms with Crippen molar-refractivity contribution in [1.82, 2.24) is 20.1 Å². The van der Waals surface area contributed by atoms with Gasteiger partial charge in [-0.1, -0.05) is 25.4 Å². The topological polar surface area (TPSA) is 130 Å². The molecule has 3 N–H and O–H groups in total. The van der Waals surface area contributed by atoms with Crippen LogP contribution >= 0.6 is 0 Å². The van der Waals surface area contributed by atoms with Gasteiger partial charge in [-0.25, -0.2) is 8.42 Å². The first kappa shape index (κ1) is 19.1. The Hall–Kier alpha value is -2.20. The third-order valence-corrected chi connectivity index (χ3v) is 5.69. The molecule has 0 fully saturated rings. The minimum Gasteiger partial charge on any atom is -0.360 e. The van der Waals surface area contributed by atoms with E-state index in [4.69, 9.17) is 4.52 Å². The largest absolute Gasteiger partial charge is 0.360 e. The maximum absolute atomic E-state index is 12.7. The van der Waals surface area contributed by atoms with Crippen molar-refractivity contribution in [3.63, 3.8) is 0 Å². The molecule has 1 amide bonds. The number of carbonyl (C=O) groups is 1. The predicted molar refractivity (Wildman–Crippen MR) is 91.5 cm³/mol. The number of nitrogens with zero attached hydrogens (tertiary/aromatic N) is 2. The van der Waals surface area contributed by atoms with Crippen LogP contribution in [0.25, 0.3) is 0 Å². The van der Waals surface area contributed by atoms with Gasteiger partial charge in [0.05, 0.1) is 11.4 Å². The van der Waals surface area contributed by atoms with Crippen LogP contribution in [0.4, 0.5) is 5.82 Å². The van der Waals surface area contributed by atoms with Crippen molar-refractivity contribution in [3.05, 3.63) is 23.2 Å². The molecule has 0 aliphatic rings. The highest BCUT2D eigenvalue weighted by atomic mass is 32.2. The second kappa shape index (κ2) is 7.36. The lowest BCUT2D eigenvalue weighted by Gasteiger charge is -2.23. The van der Waals surface area contributed by atoms with Crippen LogP contribution in [0.5, 0.6) is 0 Å². The van der Waals surface area contributed by atoms with Gasteiger partial charge in [0, 0.05) is 6.07 Å². The van der Waals surface area contributed by atoms with Gasteiger partial charge >= 0.3 is 0 Å². The predicted octanol–water partition coefficient (Wildman–Crippen LogP) is 1.65. The van der Waals surface area contributed by atoms with Gasteiger partial charge in [-0.15, -0.1) is 0 Å². The highest BCUT2D eigenvalue weighted by molar-refractivity contribution is 7.89. The summed E-state index contributed by atoms with van der Waals surface area (Å²) in [5.41, 5.74) is 0.765. The molecular weight excluding hydrogens is 346 g/mol. The Balaban J connectivity index is 2.27. The van der Waals surface area contributed by atoms with Crippen molar-refractivity contribution in [2.24, 2.45) is 5.92 Å². The zero-order chi connectivity index (χ0) is 18.8. The van der Waals surface area contributed by atoms with Gasteiger partial charge in [-0.05, 0) is 26.7 Å². The normalized spacial score (nSPS) is 14.3. The summed E-state index contributed by atoms with van der Waals surface area (Å²) in [5, 5.41) is 12.8. The zero-order valence-corrected chi connectivity index (χ0v) is 15.7. The average Bonchev–Trinajstić information content (AvgIpc) is 3.09. The third kappa shape index (κ3) is 4.26. The van der Waals surface area contributed by atoms with E-state index in [1.807, 2.05) is 6.92 Å². The summed E-state index contributed by atoms with van der Waals surface area (Å²) < 4.78 is 32.9. The van der Waals surface area contributed by atoms with Gasteiger partial charge in [0.2, 0.25) is 15.9 Å². The van der Waals surface area contributed by atoms with Gasteiger partial charge in [-0.3, -0.25) is 9.89 Å². The van der Waals surface area contributed by atoms with Gasteiger partial charge in [-0.2, -0.15) is 9.82 Å². The number of aromatic amines is 1. The summed E-state index contributed by atoms with van der Waals surface area (Å²) >= 11 is 0. The van der Waals surface area contributed by atoms with Crippen LogP contribution in [0, 0.1) is 26.7 Å². The SMILES string of the molecule is CCC(C)[C@@H](NS(=O)(=O)c1c(C)n[nH]c1C)C(=O)Nc1cc(C)on1. The second-order valence-electron chi connectivity index (χ2n) is 6.06. The number of rotatable bonds is 7. The first-order chi connectivity index (χ1) is 11.7. The Morgan fingerprint density at radius 1 is 1.36 bits per heavy atom. The van der Waals surface area contributed by atoms with E-state index in [-0.39, 0.29) is 16.6 Å². The smallest absolute Gasteiger partial charge is 0.244 e. The molecule has 0 spiro atoms. The zero-order valence-electron chi connectivity index (χ0n) is 14.9. The molecule has 0 aliphatic carbocycles.